The smallest absolute Gasteiger partial charge is 0.213 e. The number of hydrogen-bond acceptors (Lipinski definition) is 3. The molecule has 1 aliphatic heterocycles. The van der Waals surface area contributed by atoms with Crippen LogP contribution < -0.4 is 0 Å². The van der Waals surface area contributed by atoms with E-state index in [-0.39, 0.29) is 6.23 Å². The predicted octanol–water partition coefficient (Wildman–Crippen LogP) is 1.58. The highest BCUT2D eigenvalue weighted by Crippen LogP contribution is 2.21. The van der Waals surface area contributed by atoms with Crippen LogP contribution in [0.4, 0.5) is 0 Å². The fourth-order valence-electron chi connectivity index (χ4n) is 1.98. The maximum atomic E-state index is 11.8. The lowest BCUT2D eigenvalue weighted by molar-refractivity contribution is 0.0248. The van der Waals surface area contributed by atoms with Gasteiger partial charge in [0.2, 0.25) is 10.0 Å². The Morgan fingerprint density at radius 3 is 2.59 bits per heavy atom. The third-order valence-corrected chi connectivity index (χ3v) is 4.05. The lowest BCUT2D eigenvalue weighted by Crippen LogP contribution is -2.38. The highest BCUT2D eigenvalue weighted by molar-refractivity contribution is 7.88. The summed E-state index contributed by atoms with van der Waals surface area (Å²) >= 11 is 0. The Morgan fingerprint density at radius 2 is 2.06 bits per heavy atom. The summed E-state index contributed by atoms with van der Waals surface area (Å²) in [5.41, 5.74) is 0.980. The van der Waals surface area contributed by atoms with E-state index in [1.54, 1.807) is 0 Å². The van der Waals surface area contributed by atoms with Crippen LogP contribution in [0.15, 0.2) is 30.3 Å². The zero-order valence-electron chi connectivity index (χ0n) is 9.87. The predicted molar refractivity (Wildman–Crippen MR) is 65.8 cm³/mol. The van der Waals surface area contributed by atoms with Gasteiger partial charge in [0, 0.05) is 13.2 Å². The summed E-state index contributed by atoms with van der Waals surface area (Å²) in [6.45, 7) is 1.02. The Labute approximate surface area is 102 Å². The number of sulfonamides is 1. The van der Waals surface area contributed by atoms with Crippen LogP contribution >= 0.6 is 0 Å². The molecule has 94 valence electrons. The van der Waals surface area contributed by atoms with E-state index in [0.717, 1.165) is 18.4 Å². The van der Waals surface area contributed by atoms with Crippen LogP contribution in [0.1, 0.15) is 18.4 Å². The van der Waals surface area contributed by atoms with Gasteiger partial charge in [-0.25, -0.2) is 8.42 Å². The van der Waals surface area contributed by atoms with Gasteiger partial charge in [0.05, 0.1) is 6.26 Å². The molecule has 17 heavy (non-hydrogen) atoms. The SMILES string of the molecule is CS(=O)(=O)N(Cc1ccccc1)C1CCCO1. The Hall–Kier alpha value is -0.910. The van der Waals surface area contributed by atoms with Crippen molar-refractivity contribution in [1.29, 1.82) is 0 Å². The molecule has 1 aliphatic rings. The van der Waals surface area contributed by atoms with Gasteiger partial charge in [-0.05, 0) is 18.4 Å². The molecule has 5 heteroatoms. The van der Waals surface area contributed by atoms with Gasteiger partial charge in [0.15, 0.2) is 0 Å². The minimum atomic E-state index is -3.24. The number of hydrogen-bond donors (Lipinski definition) is 0. The summed E-state index contributed by atoms with van der Waals surface area (Å²) in [6, 6.07) is 9.58. The maximum absolute atomic E-state index is 11.8. The number of nitrogens with zero attached hydrogens (tertiary/aromatic N) is 1. The average Bonchev–Trinajstić information content (AvgIpc) is 2.79. The Balaban J connectivity index is 2.17. The van der Waals surface area contributed by atoms with Crippen molar-refractivity contribution >= 4 is 10.0 Å². The topological polar surface area (TPSA) is 46.6 Å². The van der Waals surface area contributed by atoms with Crippen molar-refractivity contribution < 1.29 is 13.2 Å². The van der Waals surface area contributed by atoms with Gasteiger partial charge in [-0.2, -0.15) is 4.31 Å². The quantitative estimate of drug-likeness (QED) is 0.820. The van der Waals surface area contributed by atoms with Gasteiger partial charge in [-0.15, -0.1) is 0 Å². The van der Waals surface area contributed by atoms with Crippen molar-refractivity contribution in [3.05, 3.63) is 35.9 Å². The molecule has 1 fully saturated rings. The van der Waals surface area contributed by atoms with Gasteiger partial charge in [0.25, 0.3) is 0 Å². The van der Waals surface area contributed by atoms with Gasteiger partial charge in [-0.1, -0.05) is 30.3 Å². The third kappa shape index (κ3) is 3.28. The number of ether oxygens (including phenoxy) is 1. The molecule has 0 aliphatic carbocycles. The molecule has 0 bridgehead atoms. The summed E-state index contributed by atoms with van der Waals surface area (Å²) in [4.78, 5) is 0. The Kier molecular flexibility index (Phi) is 3.81. The molecule has 1 atom stereocenters. The van der Waals surface area contributed by atoms with Gasteiger partial charge >= 0.3 is 0 Å². The zero-order valence-corrected chi connectivity index (χ0v) is 10.7. The molecule has 1 heterocycles. The fraction of sp³-hybridized carbons (Fsp3) is 0.500. The highest BCUT2D eigenvalue weighted by Gasteiger charge is 2.30. The summed E-state index contributed by atoms with van der Waals surface area (Å²) in [5, 5.41) is 0. The van der Waals surface area contributed by atoms with Crippen LogP contribution in [0.2, 0.25) is 0 Å². The molecule has 0 amide bonds. The maximum Gasteiger partial charge on any atom is 0.213 e. The summed E-state index contributed by atoms with van der Waals surface area (Å²) in [6.07, 6.45) is 2.63. The van der Waals surface area contributed by atoms with E-state index in [2.05, 4.69) is 0 Å². The highest BCUT2D eigenvalue weighted by atomic mass is 32.2. The van der Waals surface area contributed by atoms with Crippen LogP contribution in [-0.2, 0) is 21.3 Å². The molecule has 2 rings (SSSR count). The van der Waals surface area contributed by atoms with Crippen LogP contribution in [0.5, 0.6) is 0 Å². The van der Waals surface area contributed by atoms with Crippen LogP contribution in [0, 0.1) is 0 Å². The standard InChI is InChI=1S/C12H17NO3S/c1-17(14,15)13(12-8-5-9-16-12)10-11-6-3-2-4-7-11/h2-4,6-7,12H,5,8-10H2,1H3. The lowest BCUT2D eigenvalue weighted by Gasteiger charge is -2.25. The van der Waals surface area contributed by atoms with E-state index in [9.17, 15) is 8.42 Å². The van der Waals surface area contributed by atoms with Crippen molar-refractivity contribution in [2.75, 3.05) is 12.9 Å². The van der Waals surface area contributed by atoms with E-state index in [0.29, 0.717) is 13.2 Å². The van der Waals surface area contributed by atoms with E-state index < -0.39 is 10.0 Å². The molecule has 0 N–H and O–H groups in total. The van der Waals surface area contributed by atoms with Crippen molar-refractivity contribution in [2.45, 2.75) is 25.6 Å². The normalized spacial score (nSPS) is 20.9. The molecule has 4 nitrogen and oxygen atoms in total. The van der Waals surface area contributed by atoms with Crippen molar-refractivity contribution in [2.24, 2.45) is 0 Å². The van der Waals surface area contributed by atoms with Gasteiger partial charge in [0.1, 0.15) is 6.23 Å². The molecule has 0 spiro atoms. The van der Waals surface area contributed by atoms with Crippen molar-refractivity contribution in [3.8, 4) is 0 Å². The van der Waals surface area contributed by atoms with Crippen LogP contribution in [-0.4, -0.2) is 31.8 Å². The Bertz CT molecular complexity index is 452. The van der Waals surface area contributed by atoms with E-state index >= 15 is 0 Å². The first-order valence-corrected chi connectivity index (χ1v) is 7.54. The lowest BCUT2D eigenvalue weighted by atomic mass is 10.2. The second kappa shape index (κ2) is 5.16. The van der Waals surface area contributed by atoms with Gasteiger partial charge < -0.3 is 4.74 Å². The summed E-state index contributed by atoms with van der Waals surface area (Å²) in [5.74, 6) is 0. The molecule has 1 unspecified atom stereocenters. The third-order valence-electron chi connectivity index (χ3n) is 2.83. The minimum absolute atomic E-state index is 0.301. The number of benzene rings is 1. The van der Waals surface area contributed by atoms with Crippen LogP contribution in [0.25, 0.3) is 0 Å². The van der Waals surface area contributed by atoms with E-state index in [4.69, 9.17) is 4.74 Å². The molecule has 0 saturated carbocycles. The largest absolute Gasteiger partial charge is 0.362 e. The zero-order chi connectivity index (χ0) is 12.3. The van der Waals surface area contributed by atoms with E-state index in [1.165, 1.54) is 10.6 Å². The minimum Gasteiger partial charge on any atom is -0.362 e. The second-order valence-electron chi connectivity index (χ2n) is 4.26. The first-order valence-electron chi connectivity index (χ1n) is 5.70. The molecular weight excluding hydrogens is 238 g/mol. The monoisotopic (exact) mass is 255 g/mol. The van der Waals surface area contributed by atoms with Crippen LogP contribution in [0.3, 0.4) is 0 Å². The average molecular weight is 255 g/mol. The van der Waals surface area contributed by atoms with Crippen molar-refractivity contribution in [3.63, 3.8) is 0 Å². The first-order chi connectivity index (χ1) is 8.07. The second-order valence-corrected chi connectivity index (χ2v) is 6.20. The molecule has 0 radical (unpaired) electrons. The molecule has 1 saturated heterocycles. The fourth-order valence-corrected chi connectivity index (χ4v) is 2.96. The molecular formula is C12H17NO3S. The first kappa shape index (κ1) is 12.5. The Morgan fingerprint density at radius 1 is 1.35 bits per heavy atom. The summed E-state index contributed by atoms with van der Waals surface area (Å²) < 4.78 is 30.4. The molecule has 0 aromatic heterocycles. The summed E-state index contributed by atoms with van der Waals surface area (Å²) in [7, 11) is -3.24. The molecule has 1 aromatic rings. The number of rotatable bonds is 4. The van der Waals surface area contributed by atoms with Gasteiger partial charge in [-0.3, -0.25) is 0 Å². The van der Waals surface area contributed by atoms with Crippen molar-refractivity contribution in [1.82, 2.24) is 4.31 Å². The molecule has 1 aromatic carbocycles. The van der Waals surface area contributed by atoms with E-state index in [1.807, 2.05) is 30.3 Å².